The Bertz CT molecular complexity index is 5200. The van der Waals surface area contributed by atoms with Crippen molar-refractivity contribution in [3.05, 3.63) is 331 Å². The van der Waals surface area contributed by atoms with Crippen LogP contribution in [-0.2, 0) is 20.7 Å². The molecule has 14 aromatic rings. The number of carboxylic acid groups (broad SMARTS) is 1. The first-order valence-corrected chi connectivity index (χ1v) is 35.2. The number of fused-ring (bicyclic) bond motifs is 6. The number of halogens is 2. The summed E-state index contributed by atoms with van der Waals surface area (Å²) in [5.74, 6) is -1.74. The molecule has 0 bridgehead atoms. The minimum absolute atomic E-state index is 0. The van der Waals surface area contributed by atoms with E-state index in [9.17, 15) is 19.7 Å². The predicted octanol–water partition coefficient (Wildman–Crippen LogP) is 18.7. The fraction of sp³-hybridized carbons (Fsp3) is 0.213. The van der Waals surface area contributed by atoms with E-state index in [0.717, 1.165) is 134 Å². The number of aliphatic carboxylic acids is 1. The number of carboxylic acids is 1. The third kappa shape index (κ3) is 24.2. The number of nitrogens with two attached hydrogens (primary N) is 1. The number of non-ortho nitro benzene ring substituents is 1. The van der Waals surface area contributed by atoms with Crippen molar-refractivity contribution >= 4 is 127 Å². The number of esters is 1. The van der Waals surface area contributed by atoms with Crippen molar-refractivity contribution in [1.82, 2.24) is 29.9 Å². The number of ether oxygens (including phenoxy) is 1. The molecule has 6 aromatic heterocycles. The van der Waals surface area contributed by atoms with Gasteiger partial charge in [0.25, 0.3) is 5.69 Å². The molecule has 0 aliphatic rings. The molecule has 17 heteroatoms. The Morgan fingerprint density at radius 2 is 0.858 bits per heavy atom. The molecule has 14 rings (SSSR count). The second-order valence-corrected chi connectivity index (χ2v) is 26.1. The maximum Gasteiger partial charge on any atom is 2.00 e. The third-order valence-electron chi connectivity index (χ3n) is 17.0. The van der Waals surface area contributed by atoms with Crippen molar-refractivity contribution < 1.29 is 41.3 Å². The molecule has 106 heavy (non-hydrogen) atoms. The van der Waals surface area contributed by atoms with Gasteiger partial charge in [0, 0.05) is 122 Å². The van der Waals surface area contributed by atoms with E-state index in [0.29, 0.717) is 12.0 Å². The van der Waals surface area contributed by atoms with Gasteiger partial charge in [-0.15, -0.1) is 6.58 Å². The number of aryl methyl sites for hydroxylation is 12. The minimum Gasteiger partial charge on any atom is -1.00 e. The van der Waals surface area contributed by atoms with E-state index in [1.807, 2.05) is 236 Å². The zero-order valence-corrected chi connectivity index (χ0v) is 67.8. The molecule has 2 atom stereocenters. The van der Waals surface area contributed by atoms with Crippen LogP contribution in [0.4, 0.5) is 11.4 Å². The van der Waals surface area contributed by atoms with Gasteiger partial charge in [-0.2, -0.15) is 36.4 Å². The van der Waals surface area contributed by atoms with Crippen LogP contribution in [-0.4, -0.2) is 81.5 Å². The summed E-state index contributed by atoms with van der Waals surface area (Å²) in [5.41, 5.74) is 21.9. The van der Waals surface area contributed by atoms with Gasteiger partial charge in [-0.25, -0.2) is 0 Å². The van der Waals surface area contributed by atoms with Crippen LogP contribution < -0.4 is 22.7 Å². The summed E-state index contributed by atoms with van der Waals surface area (Å²) in [6, 6.07) is 72.0. The first-order chi connectivity index (χ1) is 49.7. The Labute approximate surface area is 658 Å². The fourth-order valence-electron chi connectivity index (χ4n) is 12.1. The standard InChI is InChI=1S/C16H19NO2.C14H15NO2.C11H10BrN.C11H10N2O2.C11H12N2.C11H11N.C9H10.C6H5.BrH.Mg/c1-5-19-16(18)11(3)13-7-6-8-14-12(4)17-10(2)9-15(13)14;1-8-7-13-11(9(2)14(16)17)5-4-6-12(13)10(3)15-8;1-7-6-10-9(8(2)13-7)4-3-5-11(10)12;1-7-6-10-9(8(2)12-7)4-3-5-11(10)13(14)15;1-7-6-10-9(8(2)13-7)4-3-5-11(10)12;1-8-7-10-5-3-4-6-11(10)9(2)12-8;1-2-6-9-7-4-3-5-8-9;1-2-4-6-5-3-1;;/h6-9,11H,5H2,1-4H3;4-7,9H,1-3H3,(H,16,17);3-6H,1-2H3;3-6H,1-2H3;3-6H,12H2,1-2H3;3-7H,1-2H3;2-5,7-8H,1,6H2;1-5H;1H;/q;;;;;;;-1;;+2/p-1. The number of allylic oxidation sites excluding steroid dienone is 1. The number of carbonyl (C=O) groups excluding carboxylic acids is 1. The van der Waals surface area contributed by atoms with Gasteiger partial charge in [0.2, 0.25) is 0 Å². The minimum atomic E-state index is -0.801. The average molecular weight is 1550 g/mol. The van der Waals surface area contributed by atoms with E-state index in [1.54, 1.807) is 19.1 Å². The Morgan fingerprint density at radius 1 is 0.491 bits per heavy atom. The van der Waals surface area contributed by atoms with Gasteiger partial charge in [-0.3, -0.25) is 49.6 Å². The van der Waals surface area contributed by atoms with Crippen LogP contribution in [0.2, 0.25) is 0 Å². The van der Waals surface area contributed by atoms with E-state index in [2.05, 4.69) is 120 Å². The van der Waals surface area contributed by atoms with Crippen molar-refractivity contribution in [3.63, 3.8) is 0 Å². The molecule has 0 aliphatic carbocycles. The SMILES string of the molecule is C=CCc1ccccc1.CCOC(=O)C(C)c1cccc2c(C)nc(C)cc12.Cc1cc2c(Br)cccc2c(C)n1.Cc1cc2c(C(C)C(=O)O)cccc2c(C)n1.Cc1cc2c(N)cccc2c(C)n1.Cc1cc2c([N+](=O)[O-])cccc2c(C)n1.Cc1cc2ccccc2c(C)n1.[Br-].[Mg+2].[c-]1ccccc1. The molecule has 0 fully saturated rings. The summed E-state index contributed by atoms with van der Waals surface area (Å²) in [6.45, 7) is 33.2. The van der Waals surface area contributed by atoms with Crippen LogP contribution in [0.3, 0.4) is 0 Å². The van der Waals surface area contributed by atoms with Crippen LogP contribution >= 0.6 is 15.9 Å². The smallest absolute Gasteiger partial charge is 1.00 e. The van der Waals surface area contributed by atoms with Gasteiger partial charge in [0.1, 0.15) is 0 Å². The van der Waals surface area contributed by atoms with Gasteiger partial charge >= 0.3 is 35.0 Å². The maximum atomic E-state index is 11.9. The number of rotatable bonds is 8. The van der Waals surface area contributed by atoms with E-state index >= 15 is 0 Å². The zero-order chi connectivity index (χ0) is 75.7. The average Bonchev–Trinajstić information content (AvgIpc) is 0.809. The van der Waals surface area contributed by atoms with E-state index < -0.39 is 11.9 Å². The number of anilines is 1. The zero-order valence-electron chi connectivity index (χ0n) is 63.2. The van der Waals surface area contributed by atoms with Crippen LogP contribution in [0, 0.1) is 99.3 Å². The van der Waals surface area contributed by atoms with Gasteiger partial charge in [0.05, 0.1) is 28.8 Å². The van der Waals surface area contributed by atoms with Gasteiger partial charge in [-0.05, 0) is 197 Å². The Morgan fingerprint density at radius 3 is 1.31 bits per heavy atom. The van der Waals surface area contributed by atoms with Crippen LogP contribution in [0.5, 0.6) is 0 Å². The third-order valence-corrected chi connectivity index (χ3v) is 17.7. The number of hydrogen-bond acceptors (Lipinski definition) is 12. The summed E-state index contributed by atoms with van der Waals surface area (Å²) >= 11 is 3.54. The summed E-state index contributed by atoms with van der Waals surface area (Å²) in [4.78, 5) is 59.8. The molecule has 0 amide bonds. The van der Waals surface area contributed by atoms with E-state index in [1.165, 1.54) is 33.2 Å². The molecule has 8 aromatic carbocycles. The predicted molar refractivity (Wildman–Crippen MR) is 439 cm³/mol. The normalized spacial score (nSPS) is 10.8. The number of nitro groups is 1. The summed E-state index contributed by atoms with van der Waals surface area (Å²) in [7, 11) is 0. The van der Waals surface area contributed by atoms with Crippen LogP contribution in [0.25, 0.3) is 64.6 Å². The number of pyridine rings is 6. The van der Waals surface area contributed by atoms with Crippen LogP contribution in [0.1, 0.15) is 118 Å². The topological polar surface area (TPSA) is 210 Å². The quantitative estimate of drug-likeness (QED) is 0.0276. The maximum absolute atomic E-state index is 11.9. The number of benzene rings is 8. The van der Waals surface area contributed by atoms with E-state index in [-0.39, 0.29) is 62.5 Å². The van der Waals surface area contributed by atoms with Crippen molar-refractivity contribution in [3.8, 4) is 0 Å². The summed E-state index contributed by atoms with van der Waals surface area (Å²) in [6.07, 6.45) is 2.89. The first-order valence-electron chi connectivity index (χ1n) is 34.4. The first kappa shape index (κ1) is 86.5. The van der Waals surface area contributed by atoms with Crippen molar-refractivity contribution in [2.24, 2.45) is 0 Å². The molecular formula is C89H92Br2MgN8O6. The molecule has 0 radical (unpaired) electrons. The molecule has 14 nitrogen and oxygen atoms in total. The molecule has 2 unspecified atom stereocenters. The fourth-order valence-corrected chi connectivity index (χ4v) is 12.6. The Kier molecular flexibility index (Phi) is 34.3. The molecule has 6 heterocycles. The molecule has 3 N–H and O–H groups in total. The van der Waals surface area contributed by atoms with Crippen molar-refractivity contribution in [1.29, 1.82) is 0 Å². The van der Waals surface area contributed by atoms with Gasteiger partial charge in [0.15, 0.2) is 0 Å². The number of nitro benzene ring substituents is 1. The Balaban J connectivity index is 0.000000220. The number of aromatic nitrogens is 6. The second kappa shape index (κ2) is 42.1. The molecule has 540 valence electrons. The summed E-state index contributed by atoms with van der Waals surface area (Å²) < 4.78 is 6.25. The number of nitrogen functional groups attached to an aromatic ring is 1. The van der Waals surface area contributed by atoms with Crippen LogP contribution in [0.15, 0.2) is 229 Å². The largest absolute Gasteiger partial charge is 2.00 e. The number of hydrogen-bond donors (Lipinski definition) is 2. The van der Waals surface area contributed by atoms with Crippen molar-refractivity contribution in [2.75, 3.05) is 12.3 Å². The molecule has 0 saturated heterocycles. The van der Waals surface area contributed by atoms with Gasteiger partial charge in [-0.1, -0.05) is 149 Å². The number of nitrogens with zero attached hydrogens (tertiary/aromatic N) is 7. The molecule has 0 spiro atoms. The molecule has 0 aliphatic heterocycles. The van der Waals surface area contributed by atoms with Gasteiger partial charge < -0.3 is 32.6 Å². The molecular weight excluding hydrogens is 1460 g/mol. The monoisotopic (exact) mass is 1550 g/mol. The second-order valence-electron chi connectivity index (χ2n) is 25.2. The molecule has 0 saturated carbocycles. The summed E-state index contributed by atoms with van der Waals surface area (Å²) in [5, 5.41) is 32.9. The van der Waals surface area contributed by atoms with E-state index in [4.69, 9.17) is 15.6 Å². The number of carbonyl (C=O) groups is 2. The Hall–Kier alpha value is -10.2. The van der Waals surface area contributed by atoms with Crippen molar-refractivity contribution in [2.45, 2.75) is 122 Å².